The molecular weight excluding hydrogens is 321 g/mol. The molecule has 0 atom stereocenters. The quantitative estimate of drug-likeness (QED) is 0.631. The van der Waals surface area contributed by atoms with Crippen molar-refractivity contribution in [3.63, 3.8) is 0 Å². The Morgan fingerprint density at radius 3 is 2.67 bits per heavy atom. The third-order valence-corrected chi connectivity index (χ3v) is 3.68. The predicted molar refractivity (Wildman–Crippen MR) is 82.1 cm³/mol. The number of nitro benzene ring substituents is 1. The minimum absolute atomic E-state index is 0.0279. The van der Waals surface area contributed by atoms with Gasteiger partial charge in [-0.1, -0.05) is 25.3 Å². The molecule has 130 valence electrons. The lowest BCUT2D eigenvalue weighted by atomic mass is 9.96. The van der Waals surface area contributed by atoms with Crippen LogP contribution in [0.2, 0.25) is 0 Å². The van der Waals surface area contributed by atoms with Crippen molar-refractivity contribution in [1.29, 1.82) is 0 Å². The van der Waals surface area contributed by atoms with Gasteiger partial charge in [-0.3, -0.25) is 20.2 Å². The molecule has 0 radical (unpaired) electrons. The first-order valence-corrected chi connectivity index (χ1v) is 7.63. The van der Waals surface area contributed by atoms with Crippen molar-refractivity contribution in [2.75, 3.05) is 6.61 Å². The number of rotatable bonds is 5. The van der Waals surface area contributed by atoms with Crippen molar-refractivity contribution in [2.45, 2.75) is 38.1 Å². The summed E-state index contributed by atoms with van der Waals surface area (Å²) in [5, 5.41) is 15.6. The Hall–Kier alpha value is -2.71. The number of nitro groups is 1. The molecule has 9 heteroatoms. The van der Waals surface area contributed by atoms with E-state index in [0.717, 1.165) is 50.3 Å². The summed E-state index contributed by atoms with van der Waals surface area (Å²) in [5.41, 5.74) is -0.588. The summed E-state index contributed by atoms with van der Waals surface area (Å²) in [4.78, 5) is 33.4. The highest BCUT2D eigenvalue weighted by molar-refractivity contribution is 5.95. The van der Waals surface area contributed by atoms with Gasteiger partial charge in [-0.05, 0) is 18.9 Å². The van der Waals surface area contributed by atoms with Gasteiger partial charge in [-0.25, -0.2) is 9.18 Å². The van der Waals surface area contributed by atoms with Crippen LogP contribution in [0.15, 0.2) is 18.2 Å². The van der Waals surface area contributed by atoms with Gasteiger partial charge < -0.3 is 10.1 Å². The second-order valence-electron chi connectivity index (χ2n) is 5.49. The van der Waals surface area contributed by atoms with E-state index in [9.17, 15) is 24.1 Å². The van der Waals surface area contributed by atoms with E-state index >= 15 is 0 Å². The molecule has 0 saturated heterocycles. The van der Waals surface area contributed by atoms with Crippen molar-refractivity contribution in [2.24, 2.45) is 0 Å². The zero-order valence-electron chi connectivity index (χ0n) is 12.9. The molecule has 0 aromatic heterocycles. The zero-order valence-corrected chi connectivity index (χ0v) is 12.9. The largest absolute Gasteiger partial charge is 0.475 e. The molecule has 1 fully saturated rings. The molecule has 24 heavy (non-hydrogen) atoms. The summed E-state index contributed by atoms with van der Waals surface area (Å²) >= 11 is 0. The van der Waals surface area contributed by atoms with Gasteiger partial charge in [0.1, 0.15) is 0 Å². The van der Waals surface area contributed by atoms with E-state index in [1.807, 2.05) is 0 Å². The first-order chi connectivity index (χ1) is 11.5. The van der Waals surface area contributed by atoms with Gasteiger partial charge in [-0.15, -0.1) is 0 Å². The molecular formula is C15H18FN3O5. The number of ether oxygens (including phenoxy) is 1. The molecule has 0 spiro atoms. The first-order valence-electron chi connectivity index (χ1n) is 7.63. The minimum atomic E-state index is -0.955. The summed E-state index contributed by atoms with van der Waals surface area (Å²) in [6.45, 7) is -0.708. The third kappa shape index (κ3) is 4.90. The number of para-hydroxylation sites is 1. The van der Waals surface area contributed by atoms with Gasteiger partial charge in [0.05, 0.1) is 4.92 Å². The van der Waals surface area contributed by atoms with E-state index in [1.165, 1.54) is 0 Å². The van der Waals surface area contributed by atoms with Crippen LogP contribution in [0.1, 0.15) is 32.1 Å². The fourth-order valence-corrected chi connectivity index (χ4v) is 2.55. The number of imide groups is 1. The van der Waals surface area contributed by atoms with E-state index in [4.69, 9.17) is 4.74 Å². The second-order valence-corrected chi connectivity index (χ2v) is 5.49. The maximum Gasteiger partial charge on any atom is 0.321 e. The van der Waals surface area contributed by atoms with Crippen molar-refractivity contribution in [1.82, 2.24) is 10.6 Å². The summed E-state index contributed by atoms with van der Waals surface area (Å²) in [6.07, 6.45) is 4.91. The molecule has 0 aliphatic heterocycles. The Kier molecular flexibility index (Phi) is 6.05. The highest BCUT2D eigenvalue weighted by Gasteiger charge is 2.21. The average Bonchev–Trinajstić information content (AvgIpc) is 2.54. The number of halogens is 1. The predicted octanol–water partition coefficient (Wildman–Crippen LogP) is 2.27. The summed E-state index contributed by atoms with van der Waals surface area (Å²) in [7, 11) is 0. The molecule has 3 amide bonds. The second kappa shape index (κ2) is 8.23. The van der Waals surface area contributed by atoms with Crippen molar-refractivity contribution < 1.29 is 23.6 Å². The van der Waals surface area contributed by atoms with Crippen molar-refractivity contribution in [3.05, 3.63) is 34.1 Å². The number of amides is 3. The Balaban J connectivity index is 1.85. The number of urea groups is 1. The summed E-state index contributed by atoms with van der Waals surface area (Å²) in [6, 6.07) is 2.58. The van der Waals surface area contributed by atoms with Crippen LogP contribution < -0.4 is 15.4 Å². The number of carbonyl (C=O) groups excluding carboxylic acids is 2. The highest BCUT2D eigenvalue weighted by Crippen LogP contribution is 2.29. The molecule has 0 heterocycles. The van der Waals surface area contributed by atoms with Gasteiger partial charge in [0.15, 0.2) is 12.4 Å². The van der Waals surface area contributed by atoms with E-state index in [-0.39, 0.29) is 6.04 Å². The number of benzene rings is 1. The SMILES string of the molecule is O=C(COc1c(F)cccc1[N+](=O)[O-])NC(=O)NC1CCCCC1. The molecule has 1 aromatic rings. The smallest absolute Gasteiger partial charge is 0.321 e. The maximum absolute atomic E-state index is 13.6. The van der Waals surface area contributed by atoms with Crippen molar-refractivity contribution >= 4 is 17.6 Å². The molecule has 2 rings (SSSR count). The molecule has 1 aliphatic carbocycles. The van der Waals surface area contributed by atoms with Gasteiger partial charge in [-0.2, -0.15) is 0 Å². The first kappa shape index (κ1) is 17.6. The molecule has 0 bridgehead atoms. The normalized spacial score (nSPS) is 14.7. The van der Waals surface area contributed by atoms with E-state index in [2.05, 4.69) is 10.6 Å². The van der Waals surface area contributed by atoms with E-state index in [0.29, 0.717) is 0 Å². The van der Waals surface area contributed by atoms with E-state index in [1.54, 1.807) is 0 Å². The molecule has 1 aliphatic rings. The Morgan fingerprint density at radius 2 is 2.00 bits per heavy atom. The Bertz CT molecular complexity index is 632. The molecule has 1 saturated carbocycles. The standard InChI is InChI=1S/C15H18FN3O5/c16-11-7-4-8-12(19(22)23)14(11)24-9-13(20)18-15(21)17-10-5-2-1-3-6-10/h4,7-8,10H,1-3,5-6,9H2,(H2,17,18,20,21). The number of nitrogens with zero attached hydrogens (tertiary/aromatic N) is 1. The lowest BCUT2D eigenvalue weighted by Gasteiger charge is -2.22. The fourth-order valence-electron chi connectivity index (χ4n) is 2.55. The van der Waals surface area contributed by atoms with Crippen LogP contribution >= 0.6 is 0 Å². The monoisotopic (exact) mass is 339 g/mol. The van der Waals surface area contributed by atoms with Gasteiger partial charge in [0.25, 0.3) is 5.91 Å². The minimum Gasteiger partial charge on any atom is -0.475 e. The van der Waals surface area contributed by atoms with Crippen LogP contribution in [0.3, 0.4) is 0 Å². The third-order valence-electron chi connectivity index (χ3n) is 3.68. The topological polar surface area (TPSA) is 111 Å². The van der Waals surface area contributed by atoms with Crippen LogP contribution in [0, 0.1) is 15.9 Å². The summed E-state index contributed by atoms with van der Waals surface area (Å²) < 4.78 is 18.5. The number of carbonyl (C=O) groups is 2. The van der Waals surface area contributed by atoms with Gasteiger partial charge >= 0.3 is 11.7 Å². The van der Waals surface area contributed by atoms with Crippen LogP contribution in [-0.4, -0.2) is 29.5 Å². The molecule has 0 unspecified atom stereocenters. The number of hydrogen-bond acceptors (Lipinski definition) is 5. The number of hydrogen-bond donors (Lipinski definition) is 2. The summed E-state index contributed by atoms with van der Waals surface area (Å²) in [5.74, 6) is -2.41. The van der Waals surface area contributed by atoms with Crippen LogP contribution in [-0.2, 0) is 4.79 Å². The maximum atomic E-state index is 13.6. The van der Waals surface area contributed by atoms with E-state index < -0.39 is 40.7 Å². The fraction of sp³-hybridized carbons (Fsp3) is 0.467. The number of nitrogens with one attached hydrogen (secondary N) is 2. The molecule has 1 aromatic carbocycles. The lowest BCUT2D eigenvalue weighted by Crippen LogP contribution is -2.46. The Morgan fingerprint density at radius 1 is 1.29 bits per heavy atom. The molecule has 2 N–H and O–H groups in total. The molecule has 8 nitrogen and oxygen atoms in total. The Labute approximate surface area is 137 Å². The van der Waals surface area contributed by atoms with Crippen LogP contribution in [0.4, 0.5) is 14.9 Å². The average molecular weight is 339 g/mol. The zero-order chi connectivity index (χ0) is 17.5. The van der Waals surface area contributed by atoms with Gasteiger partial charge in [0, 0.05) is 12.1 Å². The van der Waals surface area contributed by atoms with Gasteiger partial charge in [0.2, 0.25) is 5.75 Å². The van der Waals surface area contributed by atoms with Crippen LogP contribution in [0.5, 0.6) is 5.75 Å². The lowest BCUT2D eigenvalue weighted by molar-refractivity contribution is -0.386. The van der Waals surface area contributed by atoms with Crippen molar-refractivity contribution in [3.8, 4) is 5.75 Å². The van der Waals surface area contributed by atoms with Crippen LogP contribution in [0.25, 0.3) is 0 Å². The highest BCUT2D eigenvalue weighted by atomic mass is 19.1.